The zero-order chi connectivity index (χ0) is 17.4. The van der Waals surface area contributed by atoms with Crippen LogP contribution in [0.25, 0.3) is 0 Å². The number of hydrogen-bond acceptors (Lipinski definition) is 4. The van der Waals surface area contributed by atoms with E-state index in [0.29, 0.717) is 36.0 Å². The third-order valence-corrected chi connectivity index (χ3v) is 5.35. The van der Waals surface area contributed by atoms with Crippen molar-refractivity contribution in [2.24, 2.45) is 0 Å². The molecule has 1 saturated heterocycles. The summed E-state index contributed by atoms with van der Waals surface area (Å²) in [6, 6.07) is 8.91. The maximum atomic E-state index is 13.4. The Kier molecular flexibility index (Phi) is 4.25. The van der Waals surface area contributed by atoms with Crippen molar-refractivity contribution in [1.82, 2.24) is 4.90 Å². The van der Waals surface area contributed by atoms with E-state index in [2.05, 4.69) is 0 Å². The molecule has 2 aromatic carbocycles. The number of hydrogen-bond donors (Lipinski definition) is 0. The van der Waals surface area contributed by atoms with Crippen LogP contribution >= 0.6 is 11.8 Å². The molecule has 0 aromatic heterocycles. The molecule has 0 saturated carbocycles. The second-order valence-corrected chi connectivity index (χ2v) is 6.93. The Morgan fingerprint density at radius 2 is 1.76 bits per heavy atom. The van der Waals surface area contributed by atoms with Crippen molar-refractivity contribution in [2.45, 2.75) is 11.9 Å². The number of ether oxygens (including phenoxy) is 2. The minimum Gasteiger partial charge on any atom is -0.486 e. The number of thioether (sulfide) groups is 1. The predicted octanol–water partition coefficient (Wildman–Crippen LogP) is 3.51. The van der Waals surface area contributed by atoms with Gasteiger partial charge in [-0.05, 0) is 35.4 Å². The number of carbonyl (C=O) groups excluding carboxylic acids is 1. The van der Waals surface area contributed by atoms with Gasteiger partial charge >= 0.3 is 0 Å². The van der Waals surface area contributed by atoms with E-state index in [0.717, 1.165) is 11.6 Å². The molecule has 2 aliphatic heterocycles. The number of rotatable bonds is 3. The summed E-state index contributed by atoms with van der Waals surface area (Å²) in [5, 5.41) is -0.227. The van der Waals surface area contributed by atoms with E-state index >= 15 is 0 Å². The first-order valence-corrected chi connectivity index (χ1v) is 8.90. The molecule has 1 atom stereocenters. The van der Waals surface area contributed by atoms with E-state index in [1.54, 1.807) is 4.90 Å². The summed E-state index contributed by atoms with van der Waals surface area (Å²) < 4.78 is 38.0. The lowest BCUT2D eigenvalue weighted by Gasteiger charge is -2.26. The van der Waals surface area contributed by atoms with Gasteiger partial charge in [-0.25, -0.2) is 8.78 Å². The Balaban J connectivity index is 1.61. The molecule has 130 valence electrons. The number of nitrogens with zero attached hydrogens (tertiary/aromatic N) is 1. The second-order valence-electron chi connectivity index (χ2n) is 5.87. The maximum Gasteiger partial charge on any atom is 0.234 e. The van der Waals surface area contributed by atoms with Crippen LogP contribution in [-0.2, 0) is 11.3 Å². The Morgan fingerprint density at radius 3 is 2.52 bits per heavy atom. The van der Waals surface area contributed by atoms with Gasteiger partial charge in [-0.3, -0.25) is 4.79 Å². The molecule has 25 heavy (non-hydrogen) atoms. The molecule has 4 nitrogen and oxygen atoms in total. The van der Waals surface area contributed by atoms with Gasteiger partial charge in [0.15, 0.2) is 11.5 Å². The fourth-order valence-electron chi connectivity index (χ4n) is 3.01. The van der Waals surface area contributed by atoms with Gasteiger partial charge in [-0.1, -0.05) is 6.07 Å². The highest BCUT2D eigenvalue weighted by Gasteiger charge is 2.33. The quantitative estimate of drug-likeness (QED) is 0.837. The average molecular weight is 363 g/mol. The summed E-state index contributed by atoms with van der Waals surface area (Å²) in [6.07, 6.45) is 0. The van der Waals surface area contributed by atoms with Gasteiger partial charge < -0.3 is 14.4 Å². The van der Waals surface area contributed by atoms with Gasteiger partial charge in [0, 0.05) is 12.6 Å². The standard InChI is InChI=1S/C18H15F2NO3S/c19-13-5-11(6-14(20)8-13)9-21-17(22)10-25-18(21)12-1-2-15-16(7-12)24-4-3-23-15/h1-2,5-8,18H,3-4,9-10H2. The molecule has 1 unspecified atom stereocenters. The molecule has 0 bridgehead atoms. The lowest BCUT2D eigenvalue weighted by atomic mass is 10.1. The topological polar surface area (TPSA) is 38.8 Å². The first-order chi connectivity index (χ1) is 12.1. The summed E-state index contributed by atoms with van der Waals surface area (Å²) >= 11 is 1.48. The summed E-state index contributed by atoms with van der Waals surface area (Å²) in [7, 11) is 0. The van der Waals surface area contributed by atoms with E-state index in [1.807, 2.05) is 18.2 Å². The van der Waals surface area contributed by atoms with Crippen LogP contribution in [0, 0.1) is 11.6 Å². The van der Waals surface area contributed by atoms with E-state index in [9.17, 15) is 13.6 Å². The van der Waals surface area contributed by atoms with Gasteiger partial charge in [0.2, 0.25) is 5.91 Å². The van der Waals surface area contributed by atoms with Crippen molar-refractivity contribution in [2.75, 3.05) is 19.0 Å². The fraction of sp³-hybridized carbons (Fsp3) is 0.278. The summed E-state index contributed by atoms with van der Waals surface area (Å²) in [6.45, 7) is 1.15. The highest BCUT2D eigenvalue weighted by molar-refractivity contribution is 8.00. The first kappa shape index (κ1) is 16.2. The molecule has 0 spiro atoms. The molecular weight excluding hydrogens is 348 g/mol. The molecular formula is C18H15F2NO3S. The van der Waals surface area contributed by atoms with E-state index in [4.69, 9.17) is 9.47 Å². The average Bonchev–Trinajstić information content (AvgIpc) is 2.94. The summed E-state index contributed by atoms with van der Waals surface area (Å²) in [5.41, 5.74) is 1.33. The number of benzene rings is 2. The molecule has 0 radical (unpaired) electrons. The van der Waals surface area contributed by atoms with E-state index in [1.165, 1.54) is 23.9 Å². The highest BCUT2D eigenvalue weighted by Crippen LogP contribution is 2.42. The lowest BCUT2D eigenvalue weighted by Crippen LogP contribution is -2.28. The van der Waals surface area contributed by atoms with Gasteiger partial charge in [0.25, 0.3) is 0 Å². The summed E-state index contributed by atoms with van der Waals surface area (Å²) in [4.78, 5) is 13.9. The molecule has 2 heterocycles. The van der Waals surface area contributed by atoms with Gasteiger partial charge in [-0.15, -0.1) is 11.8 Å². The van der Waals surface area contributed by atoms with Crippen molar-refractivity contribution in [1.29, 1.82) is 0 Å². The normalized spacial score (nSPS) is 19.4. The zero-order valence-electron chi connectivity index (χ0n) is 13.2. The fourth-order valence-corrected chi connectivity index (χ4v) is 4.19. The van der Waals surface area contributed by atoms with E-state index < -0.39 is 11.6 Å². The molecule has 1 fully saturated rings. The van der Waals surface area contributed by atoms with Crippen LogP contribution in [0.15, 0.2) is 36.4 Å². The van der Waals surface area contributed by atoms with Gasteiger partial charge in [-0.2, -0.15) is 0 Å². The minimum absolute atomic E-state index is 0.0606. The number of fused-ring (bicyclic) bond motifs is 1. The smallest absolute Gasteiger partial charge is 0.234 e. The highest BCUT2D eigenvalue weighted by atomic mass is 32.2. The molecule has 4 rings (SSSR count). The molecule has 2 aromatic rings. The number of halogens is 2. The molecule has 0 aliphatic carbocycles. The predicted molar refractivity (Wildman–Crippen MR) is 89.5 cm³/mol. The first-order valence-electron chi connectivity index (χ1n) is 7.86. The number of amides is 1. The van der Waals surface area contributed by atoms with Crippen LogP contribution in [0.5, 0.6) is 11.5 Å². The Hall–Kier alpha value is -2.28. The molecule has 1 amide bonds. The third kappa shape index (κ3) is 3.28. The van der Waals surface area contributed by atoms with Crippen molar-refractivity contribution >= 4 is 17.7 Å². The lowest BCUT2D eigenvalue weighted by molar-refractivity contribution is -0.128. The van der Waals surface area contributed by atoms with Crippen molar-refractivity contribution in [3.8, 4) is 11.5 Å². The van der Waals surface area contributed by atoms with Crippen LogP contribution in [0.2, 0.25) is 0 Å². The number of carbonyl (C=O) groups is 1. The molecule has 2 aliphatic rings. The van der Waals surface area contributed by atoms with Crippen molar-refractivity contribution in [3.05, 3.63) is 59.2 Å². The largest absolute Gasteiger partial charge is 0.486 e. The van der Waals surface area contributed by atoms with Crippen molar-refractivity contribution in [3.63, 3.8) is 0 Å². The van der Waals surface area contributed by atoms with Crippen LogP contribution in [0.1, 0.15) is 16.5 Å². The van der Waals surface area contributed by atoms with Crippen LogP contribution < -0.4 is 9.47 Å². The van der Waals surface area contributed by atoms with Crippen LogP contribution in [0.4, 0.5) is 8.78 Å². The third-order valence-electron chi connectivity index (χ3n) is 4.09. The van der Waals surface area contributed by atoms with Gasteiger partial charge in [0.05, 0.1) is 5.75 Å². The maximum absolute atomic E-state index is 13.4. The van der Waals surface area contributed by atoms with Crippen LogP contribution in [-0.4, -0.2) is 29.8 Å². The summed E-state index contributed by atoms with van der Waals surface area (Å²) in [5.74, 6) is 0.310. The Morgan fingerprint density at radius 1 is 1.04 bits per heavy atom. The second kappa shape index (κ2) is 6.55. The molecule has 7 heteroatoms. The Bertz CT molecular complexity index is 810. The Labute approximate surface area is 147 Å². The van der Waals surface area contributed by atoms with Crippen molar-refractivity contribution < 1.29 is 23.0 Å². The monoisotopic (exact) mass is 363 g/mol. The molecule has 0 N–H and O–H groups in total. The minimum atomic E-state index is -0.648. The van der Waals surface area contributed by atoms with Gasteiger partial charge in [0.1, 0.15) is 30.2 Å². The van der Waals surface area contributed by atoms with E-state index in [-0.39, 0.29) is 17.8 Å². The van der Waals surface area contributed by atoms with Crippen LogP contribution in [0.3, 0.4) is 0 Å². The SMILES string of the molecule is O=C1CSC(c2ccc3c(c2)OCCO3)N1Cc1cc(F)cc(F)c1. The zero-order valence-corrected chi connectivity index (χ0v) is 14.0.